The van der Waals surface area contributed by atoms with E-state index in [2.05, 4.69) is 4.98 Å². The van der Waals surface area contributed by atoms with Gasteiger partial charge < -0.3 is 14.9 Å². The third-order valence-electron chi connectivity index (χ3n) is 6.94. The molecule has 7 heteroatoms. The van der Waals surface area contributed by atoms with Crippen LogP contribution in [0.3, 0.4) is 0 Å². The third kappa shape index (κ3) is 3.06. The van der Waals surface area contributed by atoms with Crippen molar-refractivity contribution >= 4 is 12.1 Å². The molecule has 5 atom stereocenters. The molecule has 2 aliphatic rings. The summed E-state index contributed by atoms with van der Waals surface area (Å²) in [6, 6.07) is 9.30. The molecule has 0 saturated carbocycles. The highest BCUT2D eigenvalue weighted by molar-refractivity contribution is 5.74. The zero-order chi connectivity index (χ0) is 20.8. The van der Waals surface area contributed by atoms with Crippen LogP contribution in [0.2, 0.25) is 0 Å². The van der Waals surface area contributed by atoms with Gasteiger partial charge in [0, 0.05) is 36.9 Å². The SMILES string of the molecule is COc1cncc(-c2ccc([C@H]3CC4CCC([C@H]3C(=O)O)[N+]4(C)C(=O)O)cc2)c1. The van der Waals surface area contributed by atoms with Gasteiger partial charge in [-0.2, -0.15) is 4.79 Å². The normalized spacial score (nSPS) is 30.7. The van der Waals surface area contributed by atoms with E-state index in [4.69, 9.17) is 4.74 Å². The number of nitrogens with zero attached hydrogens (tertiary/aromatic N) is 2. The number of aromatic nitrogens is 1. The Morgan fingerprint density at radius 3 is 2.45 bits per heavy atom. The molecule has 1 aromatic heterocycles. The van der Waals surface area contributed by atoms with Crippen molar-refractivity contribution in [3.8, 4) is 16.9 Å². The second-order valence-electron chi connectivity index (χ2n) is 8.17. The third-order valence-corrected chi connectivity index (χ3v) is 6.94. The fourth-order valence-corrected chi connectivity index (χ4v) is 5.32. The predicted octanol–water partition coefficient (Wildman–Crippen LogP) is 3.60. The van der Waals surface area contributed by atoms with Gasteiger partial charge >= 0.3 is 12.1 Å². The van der Waals surface area contributed by atoms with E-state index in [1.807, 2.05) is 30.3 Å². The number of benzene rings is 1. The molecular formula is C22H25N2O5+. The Hall–Kier alpha value is -2.93. The summed E-state index contributed by atoms with van der Waals surface area (Å²) >= 11 is 0. The van der Waals surface area contributed by atoms with Gasteiger partial charge in [0.25, 0.3) is 0 Å². The molecule has 2 N–H and O–H groups in total. The molecule has 1 aromatic carbocycles. The summed E-state index contributed by atoms with van der Waals surface area (Å²) in [6.45, 7) is 0. The standard InChI is InChI=1S/C22H24N2O5/c1-24(22(27)28)16-7-8-19(24)20(21(25)26)18(10-16)14-5-3-13(4-6-14)15-9-17(29-2)12-23-11-15/h3-6,9,11-12,16,18-20H,7-8,10H2,1-2H3,(H-,25,26,27,28)/p+1/t16?,18-,19?,20+,24?/m1/s1. The molecule has 0 radical (unpaired) electrons. The number of pyridine rings is 1. The van der Waals surface area contributed by atoms with E-state index < -0.39 is 24.0 Å². The van der Waals surface area contributed by atoms with Crippen LogP contribution in [0.15, 0.2) is 42.7 Å². The maximum Gasteiger partial charge on any atom is 0.513 e. The van der Waals surface area contributed by atoms with Gasteiger partial charge in [0.05, 0.1) is 26.4 Å². The summed E-state index contributed by atoms with van der Waals surface area (Å²) in [5.74, 6) is -1.13. The molecule has 3 unspecified atom stereocenters. The number of rotatable bonds is 4. The quantitative estimate of drug-likeness (QED) is 0.765. The first-order chi connectivity index (χ1) is 13.9. The smallest absolute Gasteiger partial charge is 0.495 e. The number of fused-ring (bicyclic) bond motifs is 2. The Labute approximate surface area is 169 Å². The van der Waals surface area contributed by atoms with Gasteiger partial charge in [-0.1, -0.05) is 24.3 Å². The largest absolute Gasteiger partial charge is 0.513 e. The highest BCUT2D eigenvalue weighted by Crippen LogP contribution is 2.50. The van der Waals surface area contributed by atoms with Gasteiger partial charge in [-0.05, 0) is 17.2 Å². The molecule has 29 heavy (non-hydrogen) atoms. The van der Waals surface area contributed by atoms with Crippen molar-refractivity contribution in [2.45, 2.75) is 37.3 Å². The van der Waals surface area contributed by atoms with Gasteiger partial charge in [0.15, 0.2) is 0 Å². The number of methoxy groups -OCH3 is 1. The van der Waals surface area contributed by atoms with Crippen LogP contribution in [-0.4, -0.2) is 58.0 Å². The molecule has 2 aliphatic heterocycles. The average molecular weight is 397 g/mol. The Kier molecular flexibility index (Phi) is 4.78. The first-order valence-electron chi connectivity index (χ1n) is 9.77. The van der Waals surface area contributed by atoms with Crippen molar-refractivity contribution in [3.05, 3.63) is 48.3 Å². The van der Waals surface area contributed by atoms with Crippen LogP contribution in [0.1, 0.15) is 30.7 Å². The number of hydrogen-bond donors (Lipinski definition) is 2. The number of hydrogen-bond acceptors (Lipinski definition) is 4. The van der Waals surface area contributed by atoms with Crippen LogP contribution in [0.25, 0.3) is 11.1 Å². The lowest BCUT2D eigenvalue weighted by Gasteiger charge is -2.45. The summed E-state index contributed by atoms with van der Waals surface area (Å²) in [5.41, 5.74) is 2.84. The van der Waals surface area contributed by atoms with E-state index in [1.165, 1.54) is 0 Å². The summed E-state index contributed by atoms with van der Waals surface area (Å²) < 4.78 is 5.05. The van der Waals surface area contributed by atoms with Crippen molar-refractivity contribution in [1.82, 2.24) is 4.98 Å². The maximum atomic E-state index is 12.2. The molecule has 2 saturated heterocycles. The van der Waals surface area contributed by atoms with E-state index in [1.54, 1.807) is 26.6 Å². The van der Waals surface area contributed by atoms with Crippen LogP contribution < -0.4 is 4.74 Å². The number of quaternary nitrogens is 1. The van der Waals surface area contributed by atoms with Crippen molar-refractivity contribution in [2.24, 2.45) is 5.92 Å². The van der Waals surface area contributed by atoms with Crippen LogP contribution in [0.5, 0.6) is 5.75 Å². The van der Waals surface area contributed by atoms with Crippen LogP contribution in [-0.2, 0) is 4.79 Å². The van der Waals surface area contributed by atoms with Crippen molar-refractivity contribution in [2.75, 3.05) is 14.2 Å². The minimum absolute atomic E-state index is 0.0552. The Bertz CT molecular complexity index is 944. The van der Waals surface area contributed by atoms with E-state index in [0.29, 0.717) is 18.6 Å². The molecule has 1 amide bonds. The second-order valence-corrected chi connectivity index (χ2v) is 8.17. The molecule has 152 valence electrons. The number of piperidine rings is 1. The molecule has 2 bridgehead atoms. The summed E-state index contributed by atoms with van der Waals surface area (Å²) in [4.78, 5) is 28.3. The van der Waals surface area contributed by atoms with Crippen LogP contribution >= 0.6 is 0 Å². The van der Waals surface area contributed by atoms with Crippen molar-refractivity contribution < 1.29 is 29.0 Å². The number of aliphatic carboxylic acids is 1. The zero-order valence-electron chi connectivity index (χ0n) is 16.5. The molecule has 7 nitrogen and oxygen atoms in total. The van der Waals surface area contributed by atoms with Gasteiger partial charge in [-0.3, -0.25) is 9.78 Å². The molecule has 0 aliphatic carbocycles. The average Bonchev–Trinajstić information content (AvgIpc) is 2.92. The molecular weight excluding hydrogens is 372 g/mol. The van der Waals surface area contributed by atoms with Crippen molar-refractivity contribution in [3.63, 3.8) is 0 Å². The Morgan fingerprint density at radius 2 is 1.83 bits per heavy atom. The number of amides is 1. The number of carboxylic acids is 1. The first-order valence-corrected chi connectivity index (χ1v) is 9.77. The molecule has 2 aromatic rings. The van der Waals surface area contributed by atoms with E-state index in [0.717, 1.165) is 23.1 Å². The monoisotopic (exact) mass is 397 g/mol. The van der Waals surface area contributed by atoms with E-state index in [-0.39, 0.29) is 16.4 Å². The van der Waals surface area contributed by atoms with Crippen LogP contribution in [0, 0.1) is 5.92 Å². The van der Waals surface area contributed by atoms with Gasteiger partial charge in [-0.25, -0.2) is 4.48 Å². The minimum Gasteiger partial charge on any atom is -0.495 e. The summed E-state index contributed by atoms with van der Waals surface area (Å²) in [6.07, 6.45) is 4.42. The van der Waals surface area contributed by atoms with Crippen LogP contribution in [0.4, 0.5) is 4.79 Å². The van der Waals surface area contributed by atoms with Gasteiger partial charge in [0.2, 0.25) is 0 Å². The highest BCUT2D eigenvalue weighted by atomic mass is 16.5. The minimum atomic E-state index is -0.928. The Morgan fingerprint density at radius 1 is 1.10 bits per heavy atom. The molecule has 4 rings (SSSR count). The first kappa shape index (κ1) is 19.4. The number of carboxylic acid groups (broad SMARTS) is 2. The van der Waals surface area contributed by atoms with Gasteiger partial charge in [0.1, 0.15) is 17.7 Å². The molecule has 3 heterocycles. The second kappa shape index (κ2) is 7.15. The highest BCUT2D eigenvalue weighted by Gasteiger charge is 2.63. The van der Waals surface area contributed by atoms with Gasteiger partial charge in [-0.15, -0.1) is 0 Å². The molecule has 0 spiro atoms. The summed E-state index contributed by atoms with van der Waals surface area (Å²) in [5, 5.41) is 19.8. The predicted molar refractivity (Wildman–Crippen MR) is 106 cm³/mol. The van der Waals surface area contributed by atoms with Crippen molar-refractivity contribution in [1.29, 1.82) is 0 Å². The molecule has 2 fully saturated rings. The fourth-order valence-electron chi connectivity index (χ4n) is 5.32. The lowest BCUT2D eigenvalue weighted by atomic mass is 9.75. The Balaban J connectivity index is 1.66. The van der Waals surface area contributed by atoms with E-state index >= 15 is 0 Å². The lowest BCUT2D eigenvalue weighted by Crippen LogP contribution is -2.64. The van der Waals surface area contributed by atoms with E-state index in [9.17, 15) is 19.8 Å². The maximum absolute atomic E-state index is 12.2. The number of ether oxygens (including phenoxy) is 1. The topological polar surface area (TPSA) is 96.7 Å². The fraction of sp³-hybridized carbons (Fsp3) is 0.409. The number of carbonyl (C=O) groups is 2. The summed E-state index contributed by atoms with van der Waals surface area (Å²) in [7, 11) is 3.27. The zero-order valence-corrected chi connectivity index (χ0v) is 16.5. The lowest BCUT2D eigenvalue weighted by molar-refractivity contribution is -0.883.